The van der Waals surface area contributed by atoms with E-state index in [9.17, 15) is 23.1 Å². The van der Waals surface area contributed by atoms with Gasteiger partial charge in [0.25, 0.3) is 0 Å². The van der Waals surface area contributed by atoms with Crippen molar-refractivity contribution in [1.82, 2.24) is 5.32 Å². The average Bonchev–Trinajstić information content (AvgIpc) is 2.65. The fraction of sp³-hybridized carbons (Fsp3) is 0.286. The topological polar surface area (TPSA) is 49.3 Å². The lowest BCUT2D eigenvalue weighted by atomic mass is 9.97. The largest absolute Gasteiger partial charge is 0.471 e. The van der Waals surface area contributed by atoms with E-state index in [1.54, 1.807) is 30.3 Å². The van der Waals surface area contributed by atoms with Crippen LogP contribution >= 0.6 is 0 Å². The van der Waals surface area contributed by atoms with Gasteiger partial charge in [-0.2, -0.15) is 13.2 Å². The molecular formula is C21H22F3NO2. The molecule has 0 heterocycles. The molecule has 0 aliphatic carbocycles. The highest BCUT2D eigenvalue weighted by molar-refractivity contribution is 5.82. The molecule has 0 radical (unpaired) electrons. The third-order valence-electron chi connectivity index (χ3n) is 4.06. The number of halogens is 3. The van der Waals surface area contributed by atoms with Gasteiger partial charge in [0.05, 0.1) is 6.04 Å². The van der Waals surface area contributed by atoms with E-state index in [1.165, 1.54) is 6.08 Å². The molecule has 144 valence electrons. The summed E-state index contributed by atoms with van der Waals surface area (Å²) in [4.78, 5) is 11.4. The van der Waals surface area contributed by atoms with Crippen LogP contribution in [0.15, 0.2) is 72.8 Å². The number of aliphatic hydroxyl groups excluding tert-OH is 1. The van der Waals surface area contributed by atoms with E-state index in [0.29, 0.717) is 6.42 Å². The van der Waals surface area contributed by atoms with Crippen molar-refractivity contribution < 1.29 is 23.1 Å². The Labute approximate surface area is 156 Å². The summed E-state index contributed by atoms with van der Waals surface area (Å²) in [6, 6.07) is 17.6. The molecule has 1 amide bonds. The summed E-state index contributed by atoms with van der Waals surface area (Å²) < 4.78 is 37.9. The van der Waals surface area contributed by atoms with Crippen molar-refractivity contribution >= 4 is 5.91 Å². The Morgan fingerprint density at radius 3 is 1.93 bits per heavy atom. The standard InChI is InChI=1S/C21H22F3NO2/c22-21(23,24)20(27)25-19(14-17-9-5-2-6-10-17)12-11-18(15-26)13-16-7-3-1-4-8-16/h1-12,18-19,26H,13-15H2,(H,25,27)/b12-11+/t18-,19-/m1/s1. The Balaban J connectivity index is 2.10. The second kappa shape index (κ2) is 9.92. The molecule has 0 saturated heterocycles. The number of carbonyl (C=O) groups excluding carboxylic acids is 1. The zero-order valence-corrected chi connectivity index (χ0v) is 14.7. The van der Waals surface area contributed by atoms with Crippen molar-refractivity contribution in [2.45, 2.75) is 25.1 Å². The molecule has 6 heteroatoms. The first-order valence-electron chi connectivity index (χ1n) is 8.63. The van der Waals surface area contributed by atoms with Crippen molar-refractivity contribution in [3.05, 3.63) is 83.9 Å². The van der Waals surface area contributed by atoms with Crippen molar-refractivity contribution in [1.29, 1.82) is 0 Å². The predicted molar refractivity (Wildman–Crippen MR) is 98.0 cm³/mol. The Kier molecular flexibility index (Phi) is 7.61. The number of carbonyl (C=O) groups is 1. The van der Waals surface area contributed by atoms with E-state index in [4.69, 9.17) is 0 Å². The van der Waals surface area contributed by atoms with E-state index in [2.05, 4.69) is 0 Å². The lowest BCUT2D eigenvalue weighted by molar-refractivity contribution is -0.174. The molecule has 2 aromatic rings. The summed E-state index contributed by atoms with van der Waals surface area (Å²) in [6.45, 7) is -0.142. The molecule has 3 nitrogen and oxygen atoms in total. The Morgan fingerprint density at radius 1 is 0.926 bits per heavy atom. The molecule has 2 atom stereocenters. The van der Waals surface area contributed by atoms with Gasteiger partial charge in [-0.05, 0) is 24.0 Å². The van der Waals surface area contributed by atoms with Crippen LogP contribution in [0.2, 0.25) is 0 Å². The SMILES string of the molecule is O=C(N[C@H](/C=C/[C@@H](CO)Cc1ccccc1)Cc1ccccc1)C(F)(F)F. The number of rotatable bonds is 8. The number of hydrogen-bond acceptors (Lipinski definition) is 2. The Hall–Kier alpha value is -2.60. The number of benzene rings is 2. The molecule has 0 unspecified atom stereocenters. The minimum Gasteiger partial charge on any atom is -0.396 e. The lowest BCUT2D eigenvalue weighted by Gasteiger charge is -2.18. The molecule has 0 bridgehead atoms. The van der Waals surface area contributed by atoms with Gasteiger partial charge in [-0.15, -0.1) is 0 Å². The monoisotopic (exact) mass is 377 g/mol. The molecule has 0 saturated carbocycles. The number of amides is 1. The maximum atomic E-state index is 12.6. The van der Waals surface area contributed by atoms with Crippen LogP contribution in [0.4, 0.5) is 13.2 Å². The number of hydrogen-bond donors (Lipinski definition) is 2. The van der Waals surface area contributed by atoms with Gasteiger partial charge in [0, 0.05) is 12.5 Å². The van der Waals surface area contributed by atoms with Crippen LogP contribution in [-0.2, 0) is 17.6 Å². The first-order valence-corrected chi connectivity index (χ1v) is 8.63. The van der Waals surface area contributed by atoms with Gasteiger partial charge >= 0.3 is 12.1 Å². The van der Waals surface area contributed by atoms with Gasteiger partial charge in [0.2, 0.25) is 0 Å². The van der Waals surface area contributed by atoms with Gasteiger partial charge in [0.1, 0.15) is 0 Å². The fourth-order valence-electron chi connectivity index (χ4n) is 2.69. The maximum Gasteiger partial charge on any atom is 0.471 e. The van der Waals surface area contributed by atoms with Gasteiger partial charge < -0.3 is 10.4 Å². The van der Waals surface area contributed by atoms with Crippen molar-refractivity contribution in [3.63, 3.8) is 0 Å². The van der Waals surface area contributed by atoms with Gasteiger partial charge in [-0.3, -0.25) is 4.79 Å². The van der Waals surface area contributed by atoms with Crippen molar-refractivity contribution in [2.24, 2.45) is 5.92 Å². The summed E-state index contributed by atoms with van der Waals surface area (Å²) in [7, 11) is 0. The Bertz CT molecular complexity index is 730. The van der Waals surface area contributed by atoms with E-state index < -0.39 is 18.1 Å². The molecule has 0 spiro atoms. The number of alkyl halides is 3. The van der Waals surface area contributed by atoms with Crippen LogP contribution < -0.4 is 5.32 Å². The predicted octanol–water partition coefficient (Wildman–Crippen LogP) is 3.68. The second-order valence-corrected chi connectivity index (χ2v) is 6.28. The van der Waals surface area contributed by atoms with Crippen LogP contribution in [0.3, 0.4) is 0 Å². The second-order valence-electron chi connectivity index (χ2n) is 6.28. The summed E-state index contributed by atoms with van der Waals surface area (Å²) in [5.41, 5.74) is 1.82. The van der Waals surface area contributed by atoms with Crippen LogP contribution in [0, 0.1) is 5.92 Å². The minimum absolute atomic E-state index is 0.142. The first kappa shape index (κ1) is 20.7. The molecule has 0 aromatic heterocycles. The molecule has 0 fully saturated rings. The fourth-order valence-corrected chi connectivity index (χ4v) is 2.69. The van der Waals surface area contributed by atoms with Gasteiger partial charge in [0.15, 0.2) is 0 Å². The molecule has 2 N–H and O–H groups in total. The molecule has 0 aliphatic rings. The van der Waals surface area contributed by atoms with Crippen LogP contribution in [-0.4, -0.2) is 29.8 Å². The zero-order chi connectivity index (χ0) is 19.7. The van der Waals surface area contributed by atoms with Crippen molar-refractivity contribution in [3.8, 4) is 0 Å². The average molecular weight is 377 g/mol. The smallest absolute Gasteiger partial charge is 0.396 e. The van der Waals surface area contributed by atoms with Gasteiger partial charge in [-0.25, -0.2) is 0 Å². The lowest BCUT2D eigenvalue weighted by Crippen LogP contribution is -2.43. The summed E-state index contributed by atoms with van der Waals surface area (Å²) in [5, 5.41) is 11.6. The van der Waals surface area contributed by atoms with E-state index in [-0.39, 0.29) is 18.9 Å². The van der Waals surface area contributed by atoms with Crippen molar-refractivity contribution in [2.75, 3.05) is 6.61 Å². The molecule has 2 aromatic carbocycles. The van der Waals surface area contributed by atoms with Crippen LogP contribution in [0.25, 0.3) is 0 Å². The molecular weight excluding hydrogens is 355 g/mol. The number of nitrogens with one attached hydrogen (secondary N) is 1. The summed E-state index contributed by atoms with van der Waals surface area (Å²) >= 11 is 0. The van der Waals surface area contributed by atoms with Gasteiger partial charge in [-0.1, -0.05) is 72.8 Å². The molecule has 27 heavy (non-hydrogen) atoms. The first-order chi connectivity index (χ1) is 12.9. The zero-order valence-electron chi connectivity index (χ0n) is 14.7. The third-order valence-corrected chi connectivity index (χ3v) is 4.06. The van der Waals surface area contributed by atoms with Crippen LogP contribution in [0.5, 0.6) is 0 Å². The highest BCUT2D eigenvalue weighted by Gasteiger charge is 2.39. The highest BCUT2D eigenvalue weighted by Crippen LogP contribution is 2.16. The quantitative estimate of drug-likeness (QED) is 0.690. The molecule has 0 aliphatic heterocycles. The third kappa shape index (κ3) is 7.27. The van der Waals surface area contributed by atoms with E-state index in [1.807, 2.05) is 41.7 Å². The Morgan fingerprint density at radius 2 is 1.44 bits per heavy atom. The highest BCUT2D eigenvalue weighted by atomic mass is 19.4. The van der Waals surface area contributed by atoms with E-state index >= 15 is 0 Å². The van der Waals surface area contributed by atoms with E-state index in [0.717, 1.165) is 11.1 Å². The maximum absolute atomic E-state index is 12.6. The normalized spacial score (nSPS) is 14.1. The summed E-state index contributed by atoms with van der Waals surface area (Å²) in [6.07, 6.45) is -0.970. The van der Waals surface area contributed by atoms with Crippen LogP contribution in [0.1, 0.15) is 11.1 Å². The number of aliphatic hydroxyl groups is 1. The molecule has 2 rings (SSSR count). The minimum atomic E-state index is -4.94. The summed E-state index contributed by atoms with van der Waals surface area (Å²) in [5.74, 6) is -2.23.